The number of hydrogen-bond donors (Lipinski definition) is 2. The summed E-state index contributed by atoms with van der Waals surface area (Å²) in [5, 5.41) is 9.19. The van der Waals surface area contributed by atoms with Gasteiger partial charge in [0.15, 0.2) is 0 Å². The summed E-state index contributed by atoms with van der Waals surface area (Å²) in [7, 11) is -3.51. The molecule has 3 heterocycles. The van der Waals surface area contributed by atoms with Crippen molar-refractivity contribution in [1.29, 1.82) is 0 Å². The Kier molecular flexibility index (Phi) is 4.22. The Morgan fingerprint density at radius 2 is 1.73 bits per heavy atom. The quantitative estimate of drug-likeness (QED) is 0.773. The van der Waals surface area contributed by atoms with Crippen molar-refractivity contribution < 1.29 is 23.1 Å². The van der Waals surface area contributed by atoms with Gasteiger partial charge in [0.05, 0.1) is 17.6 Å². The number of ether oxygens (including phenoxy) is 1. The molecule has 0 atom stereocenters. The van der Waals surface area contributed by atoms with Gasteiger partial charge in [0.1, 0.15) is 0 Å². The van der Waals surface area contributed by atoms with Crippen LogP contribution in [0.3, 0.4) is 0 Å². The number of fused-ring (bicyclic) bond motifs is 1. The number of nitrogens with one attached hydrogen (secondary N) is 1. The lowest BCUT2D eigenvalue weighted by molar-refractivity contribution is -0.153. The van der Waals surface area contributed by atoms with E-state index in [0.29, 0.717) is 25.9 Å². The van der Waals surface area contributed by atoms with Crippen LogP contribution in [0.1, 0.15) is 44.9 Å². The molecular weight excluding hydrogens is 308 g/mol. The molecule has 0 spiro atoms. The number of hydrogen-bond acceptors (Lipinski definition) is 4. The van der Waals surface area contributed by atoms with E-state index in [2.05, 4.69) is 4.72 Å². The van der Waals surface area contributed by atoms with Gasteiger partial charge in [-0.05, 0) is 25.7 Å². The first kappa shape index (κ1) is 16.2. The highest BCUT2D eigenvalue weighted by Gasteiger charge is 2.66. The lowest BCUT2D eigenvalue weighted by Crippen LogP contribution is -2.56. The molecule has 22 heavy (non-hydrogen) atoms. The minimum Gasteiger partial charge on any atom is -0.481 e. The molecule has 8 heteroatoms. The molecule has 3 aliphatic heterocycles. The second-order valence-electron chi connectivity index (χ2n) is 6.90. The lowest BCUT2D eigenvalue weighted by Gasteiger charge is -2.42. The summed E-state index contributed by atoms with van der Waals surface area (Å²) >= 11 is 0. The number of rotatable bonds is 5. The maximum atomic E-state index is 12.4. The minimum atomic E-state index is -3.51. The van der Waals surface area contributed by atoms with Gasteiger partial charge in [-0.2, -0.15) is 17.4 Å². The molecule has 0 amide bonds. The van der Waals surface area contributed by atoms with Gasteiger partial charge in [0.25, 0.3) is 10.2 Å². The van der Waals surface area contributed by atoms with Gasteiger partial charge in [-0.3, -0.25) is 4.79 Å². The molecule has 0 unspecified atom stereocenters. The predicted molar refractivity (Wildman–Crippen MR) is 79.6 cm³/mol. The number of aliphatic carboxylic acids is 1. The fourth-order valence-electron chi connectivity index (χ4n) is 3.84. The molecule has 2 bridgehead atoms. The first-order valence-corrected chi connectivity index (χ1v) is 9.44. The van der Waals surface area contributed by atoms with Crippen molar-refractivity contribution in [3.63, 3.8) is 0 Å². The Hall–Kier alpha value is -0.700. The maximum Gasteiger partial charge on any atom is 0.312 e. The van der Waals surface area contributed by atoms with Crippen LogP contribution in [0.2, 0.25) is 0 Å². The third-order valence-electron chi connectivity index (χ3n) is 5.16. The zero-order valence-electron chi connectivity index (χ0n) is 12.7. The van der Waals surface area contributed by atoms with E-state index in [1.807, 2.05) is 0 Å². The van der Waals surface area contributed by atoms with Crippen LogP contribution in [0.15, 0.2) is 0 Å². The van der Waals surface area contributed by atoms with E-state index in [1.165, 1.54) is 10.7 Å². The van der Waals surface area contributed by atoms with E-state index in [9.17, 15) is 18.3 Å². The summed E-state index contributed by atoms with van der Waals surface area (Å²) < 4.78 is 34.6. The number of carboxylic acid groups (broad SMARTS) is 1. The Bertz CT molecular complexity index is 533. The zero-order chi connectivity index (χ0) is 15.8. The lowest BCUT2D eigenvalue weighted by atomic mass is 9.62. The monoisotopic (exact) mass is 332 g/mol. The summed E-state index contributed by atoms with van der Waals surface area (Å²) in [4.78, 5) is 11.2. The smallest absolute Gasteiger partial charge is 0.312 e. The van der Waals surface area contributed by atoms with Gasteiger partial charge in [-0.1, -0.05) is 19.3 Å². The van der Waals surface area contributed by atoms with E-state index < -0.39 is 27.2 Å². The van der Waals surface area contributed by atoms with Crippen LogP contribution in [0.4, 0.5) is 0 Å². The van der Waals surface area contributed by atoms with E-state index >= 15 is 0 Å². The first-order chi connectivity index (χ1) is 10.4. The average molecular weight is 332 g/mol. The van der Waals surface area contributed by atoms with Crippen LogP contribution in [-0.4, -0.2) is 55.6 Å². The number of carboxylic acids is 1. The van der Waals surface area contributed by atoms with Crippen molar-refractivity contribution in [1.82, 2.24) is 9.03 Å². The Morgan fingerprint density at radius 1 is 1.14 bits per heavy atom. The van der Waals surface area contributed by atoms with E-state index in [-0.39, 0.29) is 13.2 Å². The first-order valence-electron chi connectivity index (χ1n) is 8.00. The van der Waals surface area contributed by atoms with Gasteiger partial charge in [-0.15, -0.1) is 0 Å². The highest BCUT2D eigenvalue weighted by Crippen LogP contribution is 2.57. The third-order valence-corrected chi connectivity index (χ3v) is 6.72. The minimum absolute atomic E-state index is 0.168. The molecule has 126 valence electrons. The summed E-state index contributed by atoms with van der Waals surface area (Å²) in [6.07, 6.45) is 5.90. The summed E-state index contributed by atoms with van der Waals surface area (Å²) in [6.45, 7) is 1.47. The maximum absolute atomic E-state index is 12.4. The number of nitrogens with zero attached hydrogens (tertiary/aromatic N) is 1. The molecule has 4 fully saturated rings. The molecule has 0 radical (unpaired) electrons. The average Bonchev–Trinajstić information content (AvgIpc) is 2.92. The largest absolute Gasteiger partial charge is 0.481 e. The van der Waals surface area contributed by atoms with Crippen molar-refractivity contribution in [2.24, 2.45) is 5.41 Å². The van der Waals surface area contributed by atoms with Crippen LogP contribution >= 0.6 is 0 Å². The highest BCUT2D eigenvalue weighted by atomic mass is 32.2. The number of carbonyl (C=O) groups is 1. The predicted octanol–water partition coefficient (Wildman–Crippen LogP) is 0.721. The van der Waals surface area contributed by atoms with Gasteiger partial charge in [0.2, 0.25) is 0 Å². The SMILES string of the molecule is O=C(O)C12COC(CNS(=O)(=O)N3CCCCCCC3)(C1)C2. The molecular formula is C14H24N2O5S. The molecule has 2 N–H and O–H groups in total. The molecule has 1 saturated carbocycles. The van der Waals surface area contributed by atoms with Crippen molar-refractivity contribution in [2.75, 3.05) is 26.2 Å². The van der Waals surface area contributed by atoms with E-state index in [4.69, 9.17) is 4.74 Å². The second-order valence-corrected chi connectivity index (χ2v) is 8.66. The molecule has 1 aliphatic carbocycles. The van der Waals surface area contributed by atoms with Crippen molar-refractivity contribution >= 4 is 16.2 Å². The van der Waals surface area contributed by atoms with Crippen LogP contribution in [-0.2, 0) is 19.7 Å². The highest BCUT2D eigenvalue weighted by molar-refractivity contribution is 7.87. The van der Waals surface area contributed by atoms with Gasteiger partial charge in [-0.25, -0.2) is 0 Å². The molecule has 0 aromatic carbocycles. The van der Waals surface area contributed by atoms with Crippen LogP contribution in [0.25, 0.3) is 0 Å². The summed E-state index contributed by atoms with van der Waals surface area (Å²) in [5.41, 5.74) is -1.40. The van der Waals surface area contributed by atoms with Crippen LogP contribution < -0.4 is 4.72 Å². The molecule has 4 rings (SSSR count). The molecule has 0 aromatic rings. The Labute approximate surface area is 131 Å². The summed E-state index contributed by atoms with van der Waals surface area (Å²) in [6, 6.07) is 0. The van der Waals surface area contributed by atoms with Gasteiger partial charge < -0.3 is 9.84 Å². The van der Waals surface area contributed by atoms with Crippen LogP contribution in [0, 0.1) is 5.41 Å². The van der Waals surface area contributed by atoms with Crippen LogP contribution in [0.5, 0.6) is 0 Å². The summed E-state index contributed by atoms with van der Waals surface area (Å²) in [5.74, 6) is -0.841. The van der Waals surface area contributed by atoms with Gasteiger partial charge >= 0.3 is 5.97 Å². The standard InChI is InChI=1S/C14H24N2O5S/c17-12(18)13-8-14(9-13,21-11-13)10-15-22(19,20)16-6-4-2-1-3-5-7-16/h15H,1-11H2,(H,17,18). The Balaban J connectivity index is 1.56. The van der Waals surface area contributed by atoms with Gasteiger partial charge in [0, 0.05) is 19.6 Å². The topological polar surface area (TPSA) is 95.9 Å². The fourth-order valence-corrected chi connectivity index (χ4v) is 5.21. The molecule has 0 aromatic heterocycles. The van der Waals surface area contributed by atoms with Crippen molar-refractivity contribution in [2.45, 2.75) is 50.5 Å². The second kappa shape index (κ2) is 5.74. The molecule has 3 saturated heterocycles. The Morgan fingerprint density at radius 3 is 2.27 bits per heavy atom. The normalized spacial score (nSPS) is 36.4. The fraction of sp³-hybridized carbons (Fsp3) is 0.929. The molecule has 4 aliphatic rings. The van der Waals surface area contributed by atoms with Crippen molar-refractivity contribution in [3.8, 4) is 0 Å². The van der Waals surface area contributed by atoms with E-state index in [1.54, 1.807) is 0 Å². The third kappa shape index (κ3) is 2.89. The van der Waals surface area contributed by atoms with E-state index in [0.717, 1.165) is 25.7 Å². The molecule has 7 nitrogen and oxygen atoms in total. The zero-order valence-corrected chi connectivity index (χ0v) is 13.5. The van der Waals surface area contributed by atoms with Crippen molar-refractivity contribution in [3.05, 3.63) is 0 Å².